The van der Waals surface area contributed by atoms with Gasteiger partial charge in [0.15, 0.2) is 0 Å². The number of rotatable bonds is 4. The highest BCUT2D eigenvalue weighted by atomic mass is 14.2. The van der Waals surface area contributed by atoms with E-state index in [2.05, 4.69) is 43.5 Å². The second-order valence-corrected chi connectivity index (χ2v) is 4.36. The molecule has 0 saturated heterocycles. The molecule has 0 aromatic heterocycles. The summed E-state index contributed by atoms with van der Waals surface area (Å²) in [5, 5.41) is 0. The van der Waals surface area contributed by atoms with Crippen LogP contribution in [0.25, 0.3) is 5.57 Å². The molecule has 0 bridgehead atoms. The monoisotopic (exact) mass is 252 g/mol. The maximum atomic E-state index is 4.17. The second kappa shape index (κ2) is 8.31. The van der Waals surface area contributed by atoms with E-state index in [9.17, 15) is 0 Å². The van der Waals surface area contributed by atoms with Crippen LogP contribution < -0.4 is 0 Å². The summed E-state index contributed by atoms with van der Waals surface area (Å²) < 4.78 is 0. The molecular weight excluding hydrogens is 228 g/mol. The van der Waals surface area contributed by atoms with Gasteiger partial charge < -0.3 is 0 Å². The second-order valence-electron chi connectivity index (χ2n) is 4.36. The third kappa shape index (κ3) is 4.40. The van der Waals surface area contributed by atoms with Gasteiger partial charge in [0.05, 0.1) is 0 Å². The topological polar surface area (TPSA) is 0 Å². The third-order valence-corrected chi connectivity index (χ3v) is 3.16. The van der Waals surface area contributed by atoms with Gasteiger partial charge in [0, 0.05) is 5.92 Å². The van der Waals surface area contributed by atoms with Crippen LogP contribution in [0.3, 0.4) is 0 Å². The van der Waals surface area contributed by atoms with Gasteiger partial charge in [0.25, 0.3) is 0 Å². The average Bonchev–Trinajstić information content (AvgIpc) is 3.02. The Morgan fingerprint density at radius 1 is 1.21 bits per heavy atom. The fourth-order valence-electron chi connectivity index (χ4n) is 2.14. The van der Waals surface area contributed by atoms with Gasteiger partial charge in [0.1, 0.15) is 0 Å². The Bertz CT molecular complexity index is 460. The van der Waals surface area contributed by atoms with Crippen molar-refractivity contribution in [3.8, 4) is 0 Å². The van der Waals surface area contributed by atoms with Gasteiger partial charge >= 0.3 is 0 Å². The van der Waals surface area contributed by atoms with Crippen molar-refractivity contribution in [1.82, 2.24) is 0 Å². The molecule has 0 heterocycles. The summed E-state index contributed by atoms with van der Waals surface area (Å²) in [4.78, 5) is 0. The Morgan fingerprint density at radius 2 is 1.89 bits per heavy atom. The Hall–Kier alpha value is -1.82. The van der Waals surface area contributed by atoms with Crippen molar-refractivity contribution in [3.05, 3.63) is 78.9 Å². The van der Waals surface area contributed by atoms with Crippen molar-refractivity contribution < 1.29 is 0 Å². The molecule has 19 heavy (non-hydrogen) atoms. The number of hydrogen-bond acceptors (Lipinski definition) is 0. The molecule has 0 nitrogen and oxygen atoms in total. The molecule has 0 radical (unpaired) electrons. The highest BCUT2D eigenvalue weighted by Gasteiger charge is 2.11. The Morgan fingerprint density at radius 3 is 2.42 bits per heavy atom. The smallest absolute Gasteiger partial charge is 0.00152 e. The van der Waals surface area contributed by atoms with Crippen LogP contribution in [-0.4, -0.2) is 0 Å². The maximum absolute atomic E-state index is 4.17. The minimum absolute atomic E-state index is 0.508. The third-order valence-electron chi connectivity index (χ3n) is 3.16. The average molecular weight is 252 g/mol. The summed E-state index contributed by atoms with van der Waals surface area (Å²) >= 11 is 0. The highest BCUT2D eigenvalue weighted by molar-refractivity contribution is 5.75. The Balaban J connectivity index is 0.000000861. The van der Waals surface area contributed by atoms with Crippen molar-refractivity contribution >= 4 is 5.57 Å². The van der Waals surface area contributed by atoms with Gasteiger partial charge in [0.2, 0.25) is 0 Å². The first-order chi connectivity index (χ1) is 9.31. The standard InChI is InChI=1S/C17H18.C2H6/c1-3-15(17-11-5-4-6-12-17)13-14(2)16-9-7-8-10-16;1-2/h3-7,9,11-13,16H,1-2,8,10H2;1-2H3/b15-13+;. The minimum atomic E-state index is 0.508. The van der Waals surface area contributed by atoms with Crippen molar-refractivity contribution in [3.63, 3.8) is 0 Å². The van der Waals surface area contributed by atoms with Crippen molar-refractivity contribution in [2.24, 2.45) is 5.92 Å². The first kappa shape index (κ1) is 15.2. The van der Waals surface area contributed by atoms with Gasteiger partial charge in [-0.25, -0.2) is 0 Å². The predicted molar refractivity (Wildman–Crippen MR) is 87.0 cm³/mol. The van der Waals surface area contributed by atoms with Gasteiger partial charge in [-0.3, -0.25) is 0 Å². The zero-order valence-corrected chi connectivity index (χ0v) is 12.1. The zero-order chi connectivity index (χ0) is 14.1. The molecule has 1 aromatic carbocycles. The van der Waals surface area contributed by atoms with Crippen LogP contribution in [0.4, 0.5) is 0 Å². The molecule has 0 aliphatic heterocycles. The molecule has 0 fully saturated rings. The van der Waals surface area contributed by atoms with Gasteiger partial charge in [-0.05, 0) is 29.6 Å². The molecule has 1 atom stereocenters. The molecule has 100 valence electrons. The molecule has 0 spiro atoms. The molecule has 2 rings (SSSR count). The van der Waals surface area contributed by atoms with E-state index >= 15 is 0 Å². The molecular formula is C19H24. The van der Waals surface area contributed by atoms with Crippen LogP contribution in [0, 0.1) is 5.92 Å². The molecule has 1 aromatic rings. The lowest BCUT2D eigenvalue weighted by atomic mass is 9.95. The minimum Gasteiger partial charge on any atom is -0.0984 e. The summed E-state index contributed by atoms with van der Waals surface area (Å²) in [7, 11) is 0. The van der Waals surface area contributed by atoms with Crippen LogP contribution in [0.2, 0.25) is 0 Å². The van der Waals surface area contributed by atoms with Crippen LogP contribution in [0.15, 0.2) is 73.4 Å². The first-order valence-electron chi connectivity index (χ1n) is 7.06. The SMILES string of the molecule is C=C/C(=C\C(=C)C1C=CCC1)c1ccccc1.CC. The van der Waals surface area contributed by atoms with Gasteiger partial charge in [-0.1, -0.05) is 81.6 Å². The highest BCUT2D eigenvalue weighted by Crippen LogP contribution is 2.27. The number of hydrogen-bond donors (Lipinski definition) is 0. The summed E-state index contributed by atoms with van der Waals surface area (Å²) in [5.74, 6) is 0.508. The Kier molecular flexibility index (Phi) is 6.67. The lowest BCUT2D eigenvalue weighted by molar-refractivity contribution is 0.747. The first-order valence-corrected chi connectivity index (χ1v) is 7.06. The van der Waals surface area contributed by atoms with Gasteiger partial charge in [-0.15, -0.1) is 0 Å². The van der Waals surface area contributed by atoms with Crippen LogP contribution in [0.5, 0.6) is 0 Å². The summed E-state index contributed by atoms with van der Waals surface area (Å²) in [6, 6.07) is 10.3. The van der Waals surface area contributed by atoms with E-state index in [0.717, 1.165) is 5.57 Å². The van der Waals surface area contributed by atoms with Gasteiger partial charge in [-0.2, -0.15) is 0 Å². The summed E-state index contributed by atoms with van der Waals surface area (Å²) in [6.07, 6.45) is 10.9. The predicted octanol–water partition coefficient (Wildman–Crippen LogP) is 5.80. The van der Waals surface area contributed by atoms with E-state index < -0.39 is 0 Å². The van der Waals surface area contributed by atoms with Crippen molar-refractivity contribution in [1.29, 1.82) is 0 Å². The molecule has 0 N–H and O–H groups in total. The van der Waals surface area contributed by atoms with E-state index in [0.29, 0.717) is 5.92 Å². The molecule has 0 heteroatoms. The largest absolute Gasteiger partial charge is 0.0984 e. The maximum Gasteiger partial charge on any atom is 0.00152 e. The summed E-state index contributed by atoms with van der Waals surface area (Å²) in [6.45, 7) is 12.1. The quantitative estimate of drug-likeness (QED) is 0.469. The number of benzene rings is 1. The van der Waals surface area contributed by atoms with E-state index in [4.69, 9.17) is 0 Å². The molecule has 0 saturated carbocycles. The van der Waals surface area contributed by atoms with E-state index in [-0.39, 0.29) is 0 Å². The lowest BCUT2D eigenvalue weighted by Crippen LogP contribution is -1.94. The zero-order valence-electron chi connectivity index (χ0n) is 12.1. The normalized spacial score (nSPS) is 17.6. The van der Waals surface area contributed by atoms with Crippen LogP contribution in [-0.2, 0) is 0 Å². The molecule has 1 aliphatic rings. The van der Waals surface area contributed by atoms with Crippen LogP contribution in [0.1, 0.15) is 32.3 Å². The van der Waals surface area contributed by atoms with E-state index in [1.165, 1.54) is 24.0 Å². The fraction of sp³-hybridized carbons (Fsp3) is 0.263. The van der Waals surface area contributed by atoms with E-state index in [1.807, 2.05) is 38.1 Å². The molecule has 1 unspecified atom stereocenters. The fourth-order valence-corrected chi connectivity index (χ4v) is 2.14. The molecule has 0 amide bonds. The number of allylic oxidation sites excluding steroid dienone is 6. The van der Waals surface area contributed by atoms with E-state index in [1.54, 1.807) is 0 Å². The van der Waals surface area contributed by atoms with Crippen molar-refractivity contribution in [2.75, 3.05) is 0 Å². The van der Waals surface area contributed by atoms with Crippen LogP contribution >= 0.6 is 0 Å². The molecule has 1 aliphatic carbocycles. The Labute approximate surface area is 117 Å². The lowest BCUT2D eigenvalue weighted by Gasteiger charge is -2.09. The van der Waals surface area contributed by atoms with Crippen molar-refractivity contribution in [2.45, 2.75) is 26.7 Å². The summed E-state index contributed by atoms with van der Waals surface area (Å²) in [5.41, 5.74) is 3.53.